The van der Waals surface area contributed by atoms with Crippen molar-refractivity contribution in [3.05, 3.63) is 12.3 Å². The SMILES string of the molecule is O=C(Nc1ccnn1C1CCCCC1)N1CCCC1CO. The first-order chi connectivity index (χ1) is 10.3. The van der Waals surface area contributed by atoms with E-state index in [1.807, 2.05) is 10.7 Å². The van der Waals surface area contributed by atoms with Gasteiger partial charge in [-0.25, -0.2) is 9.48 Å². The summed E-state index contributed by atoms with van der Waals surface area (Å²) < 4.78 is 1.96. The maximum atomic E-state index is 12.4. The minimum absolute atomic E-state index is 0.0370. The van der Waals surface area contributed by atoms with E-state index in [1.54, 1.807) is 11.1 Å². The number of nitrogens with zero attached hydrogens (tertiary/aromatic N) is 3. The molecule has 6 nitrogen and oxygen atoms in total. The molecule has 1 aromatic rings. The van der Waals surface area contributed by atoms with Crippen LogP contribution >= 0.6 is 0 Å². The second-order valence-electron chi connectivity index (χ2n) is 6.06. The van der Waals surface area contributed by atoms with Crippen LogP contribution in [-0.4, -0.2) is 45.0 Å². The highest BCUT2D eigenvalue weighted by Gasteiger charge is 2.29. The summed E-state index contributed by atoms with van der Waals surface area (Å²) in [5, 5.41) is 16.7. The van der Waals surface area contributed by atoms with E-state index in [1.165, 1.54) is 19.3 Å². The molecule has 2 fully saturated rings. The van der Waals surface area contributed by atoms with E-state index in [-0.39, 0.29) is 18.7 Å². The summed E-state index contributed by atoms with van der Waals surface area (Å²) in [4.78, 5) is 14.1. The molecule has 3 rings (SSSR count). The molecule has 2 amide bonds. The summed E-state index contributed by atoms with van der Waals surface area (Å²) in [6.45, 7) is 0.754. The Morgan fingerprint density at radius 3 is 2.86 bits per heavy atom. The Bertz CT molecular complexity index is 482. The van der Waals surface area contributed by atoms with Gasteiger partial charge in [-0.2, -0.15) is 5.10 Å². The van der Waals surface area contributed by atoms with Gasteiger partial charge in [-0.05, 0) is 25.7 Å². The Hall–Kier alpha value is -1.56. The van der Waals surface area contributed by atoms with Crippen LogP contribution in [0.25, 0.3) is 0 Å². The van der Waals surface area contributed by atoms with Gasteiger partial charge in [0.15, 0.2) is 0 Å². The number of nitrogens with one attached hydrogen (secondary N) is 1. The summed E-state index contributed by atoms with van der Waals surface area (Å²) in [7, 11) is 0. The zero-order valence-corrected chi connectivity index (χ0v) is 12.4. The van der Waals surface area contributed by atoms with Gasteiger partial charge in [0.05, 0.1) is 24.9 Å². The molecule has 21 heavy (non-hydrogen) atoms. The Balaban J connectivity index is 1.67. The normalized spacial score (nSPS) is 23.5. The predicted molar refractivity (Wildman–Crippen MR) is 80.2 cm³/mol. The van der Waals surface area contributed by atoms with Crippen LogP contribution in [0.1, 0.15) is 51.0 Å². The van der Waals surface area contributed by atoms with E-state index in [9.17, 15) is 9.90 Å². The van der Waals surface area contributed by atoms with Gasteiger partial charge < -0.3 is 10.0 Å². The molecule has 1 aliphatic heterocycles. The Kier molecular flexibility index (Phi) is 4.43. The van der Waals surface area contributed by atoms with E-state index in [0.29, 0.717) is 12.6 Å². The molecule has 1 saturated carbocycles. The molecule has 116 valence electrons. The number of aliphatic hydroxyl groups is 1. The number of amides is 2. The maximum Gasteiger partial charge on any atom is 0.323 e. The topological polar surface area (TPSA) is 70.4 Å². The van der Waals surface area contributed by atoms with Gasteiger partial charge >= 0.3 is 6.03 Å². The molecular weight excluding hydrogens is 268 g/mol. The Morgan fingerprint density at radius 2 is 2.10 bits per heavy atom. The van der Waals surface area contributed by atoms with Crippen molar-refractivity contribution in [3.8, 4) is 0 Å². The molecule has 0 bridgehead atoms. The number of likely N-dealkylation sites (tertiary alicyclic amines) is 1. The minimum atomic E-state index is -0.121. The number of anilines is 1. The lowest BCUT2D eigenvalue weighted by molar-refractivity contribution is 0.166. The largest absolute Gasteiger partial charge is 0.394 e. The monoisotopic (exact) mass is 292 g/mol. The minimum Gasteiger partial charge on any atom is -0.394 e. The summed E-state index contributed by atoms with van der Waals surface area (Å²) in [5.41, 5.74) is 0. The number of urea groups is 1. The predicted octanol–water partition coefficient (Wildman–Crippen LogP) is 2.38. The summed E-state index contributed by atoms with van der Waals surface area (Å²) in [6, 6.07) is 2.09. The van der Waals surface area contributed by atoms with Gasteiger partial charge in [0.25, 0.3) is 0 Å². The van der Waals surface area contributed by atoms with E-state index in [4.69, 9.17) is 0 Å². The fourth-order valence-corrected chi connectivity index (χ4v) is 3.50. The van der Waals surface area contributed by atoms with E-state index < -0.39 is 0 Å². The van der Waals surface area contributed by atoms with Crippen molar-refractivity contribution in [2.45, 2.75) is 57.0 Å². The molecule has 1 aliphatic carbocycles. The van der Waals surface area contributed by atoms with E-state index in [0.717, 1.165) is 31.5 Å². The molecule has 0 aromatic carbocycles. The smallest absolute Gasteiger partial charge is 0.323 e. The summed E-state index contributed by atoms with van der Waals surface area (Å²) in [6.07, 6.45) is 9.61. The highest BCUT2D eigenvalue weighted by atomic mass is 16.3. The van der Waals surface area contributed by atoms with Crippen LogP contribution < -0.4 is 5.32 Å². The first-order valence-corrected chi connectivity index (χ1v) is 8.01. The number of hydrogen-bond acceptors (Lipinski definition) is 3. The van der Waals surface area contributed by atoms with Crippen molar-refractivity contribution >= 4 is 11.8 Å². The number of carbonyl (C=O) groups is 1. The van der Waals surface area contributed by atoms with Crippen molar-refractivity contribution in [3.63, 3.8) is 0 Å². The molecule has 1 atom stereocenters. The fourth-order valence-electron chi connectivity index (χ4n) is 3.50. The second-order valence-corrected chi connectivity index (χ2v) is 6.06. The van der Waals surface area contributed by atoms with Crippen LogP contribution in [0, 0.1) is 0 Å². The molecule has 2 N–H and O–H groups in total. The summed E-state index contributed by atoms with van der Waals surface area (Å²) in [5.74, 6) is 0.774. The lowest BCUT2D eigenvalue weighted by atomic mass is 9.96. The van der Waals surface area contributed by atoms with Crippen molar-refractivity contribution in [2.24, 2.45) is 0 Å². The number of carbonyl (C=O) groups excluding carboxylic acids is 1. The number of rotatable bonds is 3. The lowest BCUT2D eigenvalue weighted by Crippen LogP contribution is -2.41. The molecule has 6 heteroatoms. The quantitative estimate of drug-likeness (QED) is 0.898. The van der Waals surface area contributed by atoms with Gasteiger partial charge in [-0.3, -0.25) is 5.32 Å². The van der Waals surface area contributed by atoms with Crippen LogP contribution in [0.2, 0.25) is 0 Å². The standard InChI is InChI=1S/C15H24N4O2/c20-11-13-7-4-10-18(13)15(21)17-14-8-9-16-19(14)12-5-2-1-3-6-12/h8-9,12-13,20H,1-7,10-11H2,(H,17,21). The van der Waals surface area contributed by atoms with Crippen LogP contribution in [0.3, 0.4) is 0 Å². The first-order valence-electron chi connectivity index (χ1n) is 8.01. The van der Waals surface area contributed by atoms with Gasteiger partial charge in [0.2, 0.25) is 0 Å². The average Bonchev–Trinajstić information content (AvgIpc) is 3.16. The zero-order chi connectivity index (χ0) is 14.7. The van der Waals surface area contributed by atoms with E-state index >= 15 is 0 Å². The third kappa shape index (κ3) is 3.05. The molecule has 2 aliphatic rings. The third-order valence-corrected chi connectivity index (χ3v) is 4.67. The maximum absolute atomic E-state index is 12.4. The second kappa shape index (κ2) is 6.47. The van der Waals surface area contributed by atoms with Gasteiger partial charge in [-0.1, -0.05) is 19.3 Å². The van der Waals surface area contributed by atoms with Crippen LogP contribution in [-0.2, 0) is 0 Å². The van der Waals surface area contributed by atoms with Gasteiger partial charge in [0.1, 0.15) is 5.82 Å². The van der Waals surface area contributed by atoms with Crippen molar-refractivity contribution in [2.75, 3.05) is 18.5 Å². The Labute approximate surface area is 125 Å². The third-order valence-electron chi connectivity index (χ3n) is 4.67. The molecule has 1 saturated heterocycles. The van der Waals surface area contributed by atoms with Crippen molar-refractivity contribution in [1.29, 1.82) is 0 Å². The molecule has 2 heterocycles. The Morgan fingerprint density at radius 1 is 1.29 bits per heavy atom. The van der Waals surface area contributed by atoms with Gasteiger partial charge in [0, 0.05) is 12.6 Å². The van der Waals surface area contributed by atoms with E-state index in [2.05, 4.69) is 10.4 Å². The lowest BCUT2D eigenvalue weighted by Gasteiger charge is -2.26. The molecule has 0 radical (unpaired) electrons. The first kappa shape index (κ1) is 14.4. The summed E-state index contributed by atoms with van der Waals surface area (Å²) >= 11 is 0. The fraction of sp³-hybridized carbons (Fsp3) is 0.733. The van der Waals surface area contributed by atoms with Gasteiger partial charge in [-0.15, -0.1) is 0 Å². The van der Waals surface area contributed by atoms with Crippen molar-refractivity contribution in [1.82, 2.24) is 14.7 Å². The molecule has 1 unspecified atom stereocenters. The highest BCUT2D eigenvalue weighted by molar-refractivity contribution is 5.88. The number of aliphatic hydroxyl groups excluding tert-OH is 1. The molecule has 1 aromatic heterocycles. The van der Waals surface area contributed by atoms with Crippen LogP contribution in [0.15, 0.2) is 12.3 Å². The van der Waals surface area contributed by atoms with Crippen LogP contribution in [0.4, 0.5) is 10.6 Å². The number of aromatic nitrogens is 2. The average molecular weight is 292 g/mol. The molecule has 0 spiro atoms. The van der Waals surface area contributed by atoms with Crippen LogP contribution in [0.5, 0.6) is 0 Å². The van der Waals surface area contributed by atoms with Crippen molar-refractivity contribution < 1.29 is 9.90 Å². The highest BCUT2D eigenvalue weighted by Crippen LogP contribution is 2.30. The zero-order valence-electron chi connectivity index (χ0n) is 12.4. The number of hydrogen-bond donors (Lipinski definition) is 2. The molecular formula is C15H24N4O2.